The van der Waals surface area contributed by atoms with E-state index in [2.05, 4.69) is 9.88 Å². The number of carboxylic acids is 1. The topological polar surface area (TPSA) is 110 Å². The molecule has 0 fully saturated rings. The van der Waals surface area contributed by atoms with Crippen LogP contribution in [0.4, 0.5) is 5.82 Å². The summed E-state index contributed by atoms with van der Waals surface area (Å²) in [6, 6.07) is 7.21. The summed E-state index contributed by atoms with van der Waals surface area (Å²) in [5.41, 5.74) is 0.577. The lowest BCUT2D eigenvalue weighted by Gasteiger charge is -2.04. The summed E-state index contributed by atoms with van der Waals surface area (Å²) >= 11 is 0. The van der Waals surface area contributed by atoms with Gasteiger partial charge in [0.25, 0.3) is 10.0 Å². The lowest BCUT2D eigenvalue weighted by molar-refractivity contribution is -0.131. The molecule has 0 aliphatic carbocycles. The van der Waals surface area contributed by atoms with Crippen LogP contribution in [0.25, 0.3) is 6.08 Å². The minimum Gasteiger partial charge on any atom is -0.478 e. The molecule has 110 valence electrons. The molecule has 0 atom stereocenters. The van der Waals surface area contributed by atoms with Gasteiger partial charge in [0.1, 0.15) is 5.76 Å². The van der Waals surface area contributed by atoms with E-state index in [4.69, 9.17) is 9.63 Å². The summed E-state index contributed by atoms with van der Waals surface area (Å²) in [5.74, 6) is -0.487. The van der Waals surface area contributed by atoms with Gasteiger partial charge in [-0.15, -0.1) is 0 Å². The molecule has 2 aromatic rings. The van der Waals surface area contributed by atoms with Crippen molar-refractivity contribution in [1.82, 2.24) is 5.16 Å². The van der Waals surface area contributed by atoms with Crippen LogP contribution in [-0.2, 0) is 14.8 Å². The zero-order valence-corrected chi connectivity index (χ0v) is 11.8. The third-order valence-corrected chi connectivity index (χ3v) is 3.85. The van der Waals surface area contributed by atoms with Crippen molar-refractivity contribution in [3.63, 3.8) is 0 Å². The standard InChI is InChI=1S/C13H12N2O5S/c1-9-8-12(14-20-9)15-21(18,19)11-5-2-10(3-6-11)4-7-13(16)17/h2-8H,1H3,(H,14,15)(H,16,17)/b7-4+. The minimum atomic E-state index is -3.76. The maximum atomic E-state index is 12.1. The van der Waals surface area contributed by atoms with E-state index in [1.807, 2.05) is 0 Å². The van der Waals surface area contributed by atoms with Crippen molar-refractivity contribution in [3.05, 3.63) is 47.7 Å². The number of aryl methyl sites for hydroxylation is 1. The van der Waals surface area contributed by atoms with Crippen molar-refractivity contribution in [2.75, 3.05) is 4.72 Å². The van der Waals surface area contributed by atoms with Gasteiger partial charge in [0.2, 0.25) is 0 Å². The van der Waals surface area contributed by atoms with Crippen LogP contribution in [0.15, 0.2) is 45.8 Å². The molecule has 0 amide bonds. The number of sulfonamides is 1. The molecular formula is C13H12N2O5S. The lowest BCUT2D eigenvalue weighted by Crippen LogP contribution is -2.13. The third kappa shape index (κ3) is 3.93. The van der Waals surface area contributed by atoms with Crippen molar-refractivity contribution >= 4 is 27.9 Å². The molecule has 2 rings (SSSR count). The molecule has 0 aliphatic heterocycles. The van der Waals surface area contributed by atoms with Gasteiger partial charge in [0.15, 0.2) is 5.82 Å². The Morgan fingerprint density at radius 2 is 2.00 bits per heavy atom. The number of carboxylic acid groups (broad SMARTS) is 1. The zero-order chi connectivity index (χ0) is 15.5. The number of aliphatic carboxylic acids is 1. The van der Waals surface area contributed by atoms with Gasteiger partial charge in [-0.25, -0.2) is 13.2 Å². The Kier molecular flexibility index (Phi) is 4.08. The highest BCUT2D eigenvalue weighted by molar-refractivity contribution is 7.92. The van der Waals surface area contributed by atoms with Gasteiger partial charge in [0.05, 0.1) is 4.90 Å². The van der Waals surface area contributed by atoms with Gasteiger partial charge < -0.3 is 9.63 Å². The van der Waals surface area contributed by atoms with Crippen molar-refractivity contribution in [1.29, 1.82) is 0 Å². The summed E-state index contributed by atoms with van der Waals surface area (Å²) in [5, 5.41) is 12.1. The monoisotopic (exact) mass is 308 g/mol. The van der Waals surface area contributed by atoms with Crippen molar-refractivity contribution in [3.8, 4) is 0 Å². The Labute approximate surface area is 120 Å². The van der Waals surface area contributed by atoms with Gasteiger partial charge in [-0.3, -0.25) is 4.72 Å². The van der Waals surface area contributed by atoms with Crippen LogP contribution < -0.4 is 4.72 Å². The summed E-state index contributed by atoms with van der Waals surface area (Å²) in [4.78, 5) is 10.4. The van der Waals surface area contributed by atoms with E-state index >= 15 is 0 Å². The number of nitrogens with zero attached hydrogens (tertiary/aromatic N) is 1. The first-order valence-corrected chi connectivity index (χ1v) is 7.32. The third-order valence-electron chi connectivity index (χ3n) is 2.48. The molecule has 0 saturated carbocycles. The molecule has 0 aliphatic rings. The highest BCUT2D eigenvalue weighted by Gasteiger charge is 2.15. The zero-order valence-electron chi connectivity index (χ0n) is 11.0. The fourth-order valence-electron chi connectivity index (χ4n) is 1.54. The van der Waals surface area contributed by atoms with Gasteiger partial charge >= 0.3 is 5.97 Å². The first kappa shape index (κ1) is 14.8. The fourth-order valence-corrected chi connectivity index (χ4v) is 2.52. The van der Waals surface area contributed by atoms with E-state index < -0.39 is 16.0 Å². The van der Waals surface area contributed by atoms with E-state index in [-0.39, 0.29) is 10.7 Å². The van der Waals surface area contributed by atoms with Gasteiger partial charge in [-0.05, 0) is 30.7 Å². The molecule has 8 heteroatoms. The molecule has 0 radical (unpaired) electrons. The number of rotatable bonds is 5. The van der Waals surface area contributed by atoms with E-state index in [1.54, 1.807) is 6.92 Å². The normalized spacial score (nSPS) is 11.7. The Hall–Kier alpha value is -2.61. The summed E-state index contributed by atoms with van der Waals surface area (Å²) in [7, 11) is -3.76. The average Bonchev–Trinajstić information content (AvgIpc) is 2.81. The fraction of sp³-hybridized carbons (Fsp3) is 0.0769. The second-order valence-electron chi connectivity index (χ2n) is 4.17. The minimum absolute atomic E-state index is 0.0376. The highest BCUT2D eigenvalue weighted by Crippen LogP contribution is 2.16. The Balaban J connectivity index is 2.19. The summed E-state index contributed by atoms with van der Waals surface area (Å²) in [6.07, 6.45) is 2.34. The van der Waals surface area contributed by atoms with Crippen molar-refractivity contribution in [2.24, 2.45) is 0 Å². The highest BCUT2D eigenvalue weighted by atomic mass is 32.2. The predicted octanol–water partition coefficient (Wildman–Crippen LogP) is 1.88. The van der Waals surface area contributed by atoms with Crippen molar-refractivity contribution in [2.45, 2.75) is 11.8 Å². The average molecular weight is 308 g/mol. The lowest BCUT2D eigenvalue weighted by atomic mass is 10.2. The SMILES string of the molecule is Cc1cc(NS(=O)(=O)c2ccc(/C=C/C(=O)O)cc2)no1. The first-order valence-electron chi connectivity index (χ1n) is 5.84. The number of hydrogen-bond donors (Lipinski definition) is 2. The maximum absolute atomic E-state index is 12.1. The van der Waals surface area contributed by atoms with Crippen LogP contribution >= 0.6 is 0 Å². The largest absolute Gasteiger partial charge is 0.478 e. The molecule has 0 saturated heterocycles. The maximum Gasteiger partial charge on any atom is 0.328 e. The van der Waals surface area contributed by atoms with E-state index in [1.165, 1.54) is 36.4 Å². The predicted molar refractivity (Wildman–Crippen MR) is 75.2 cm³/mol. The number of benzene rings is 1. The smallest absolute Gasteiger partial charge is 0.328 e. The molecule has 2 N–H and O–H groups in total. The number of anilines is 1. The number of aromatic nitrogens is 1. The molecule has 1 heterocycles. The van der Waals surface area contributed by atoms with Crippen LogP contribution in [-0.4, -0.2) is 24.7 Å². The Morgan fingerprint density at radius 1 is 1.33 bits per heavy atom. The second kappa shape index (κ2) is 5.80. The first-order chi connectivity index (χ1) is 9.87. The van der Waals surface area contributed by atoms with Gasteiger partial charge in [-0.1, -0.05) is 17.3 Å². The van der Waals surface area contributed by atoms with Crippen LogP contribution in [0.5, 0.6) is 0 Å². The van der Waals surface area contributed by atoms with Crippen LogP contribution in [0.2, 0.25) is 0 Å². The van der Waals surface area contributed by atoms with Crippen LogP contribution in [0.1, 0.15) is 11.3 Å². The van der Waals surface area contributed by atoms with E-state index in [9.17, 15) is 13.2 Å². The Bertz CT molecular complexity index is 775. The molecule has 7 nitrogen and oxygen atoms in total. The quantitative estimate of drug-likeness (QED) is 0.816. The molecule has 0 spiro atoms. The molecule has 1 aromatic carbocycles. The Morgan fingerprint density at radius 3 is 2.52 bits per heavy atom. The molecule has 0 unspecified atom stereocenters. The van der Waals surface area contributed by atoms with Crippen LogP contribution in [0, 0.1) is 6.92 Å². The molecule has 21 heavy (non-hydrogen) atoms. The number of nitrogens with one attached hydrogen (secondary N) is 1. The molecular weight excluding hydrogens is 296 g/mol. The molecule has 1 aromatic heterocycles. The van der Waals surface area contributed by atoms with Gasteiger partial charge in [-0.2, -0.15) is 0 Å². The van der Waals surface area contributed by atoms with Crippen LogP contribution in [0.3, 0.4) is 0 Å². The summed E-state index contributed by atoms with van der Waals surface area (Å²) in [6.45, 7) is 1.65. The summed E-state index contributed by atoms with van der Waals surface area (Å²) < 4.78 is 31.2. The van der Waals surface area contributed by atoms with Gasteiger partial charge in [0, 0.05) is 12.1 Å². The number of hydrogen-bond acceptors (Lipinski definition) is 5. The van der Waals surface area contributed by atoms with E-state index in [0.29, 0.717) is 11.3 Å². The van der Waals surface area contributed by atoms with E-state index in [0.717, 1.165) is 6.08 Å². The van der Waals surface area contributed by atoms with Crippen molar-refractivity contribution < 1.29 is 22.8 Å². The number of carbonyl (C=O) groups is 1. The molecule has 0 bridgehead atoms. The second-order valence-corrected chi connectivity index (χ2v) is 5.85.